The summed E-state index contributed by atoms with van der Waals surface area (Å²) in [6.07, 6.45) is 3.66. The van der Waals surface area contributed by atoms with E-state index >= 15 is 0 Å². The topological polar surface area (TPSA) is 109 Å². The molecule has 4 rings (SSSR count). The van der Waals surface area contributed by atoms with Crippen LogP contribution in [0.2, 0.25) is 0 Å². The average Bonchev–Trinajstić information content (AvgIpc) is 3.39. The van der Waals surface area contributed by atoms with Gasteiger partial charge in [-0.05, 0) is 51.0 Å². The van der Waals surface area contributed by atoms with Gasteiger partial charge in [0.25, 0.3) is 0 Å². The highest BCUT2D eigenvalue weighted by Gasteiger charge is 2.24. The molecule has 0 unspecified atom stereocenters. The fourth-order valence-electron chi connectivity index (χ4n) is 3.67. The molecule has 0 saturated heterocycles. The molecule has 3 aromatic heterocycles. The standard InChI is InChI=1S/C23H21BrFN5O4/c1-4-18-10-17(28-34-18)7-14-12-29(3)27-22(14)19-6-5-16(25)9-20(19)13(2)33-21-8-15(24)11-26-23(21)30(31)32/h5-6,8-13H,4,7H2,1-3H3/t13-/m1/s1. The number of pyridine rings is 1. The summed E-state index contributed by atoms with van der Waals surface area (Å²) in [6.45, 7) is 3.67. The predicted octanol–water partition coefficient (Wildman–Crippen LogP) is 5.57. The summed E-state index contributed by atoms with van der Waals surface area (Å²) in [6, 6.07) is 7.68. The van der Waals surface area contributed by atoms with E-state index in [0.29, 0.717) is 27.7 Å². The number of aryl methyl sites for hydroxylation is 2. The van der Waals surface area contributed by atoms with Crippen LogP contribution >= 0.6 is 15.9 Å². The van der Waals surface area contributed by atoms with Crippen LogP contribution in [-0.2, 0) is 19.9 Å². The minimum Gasteiger partial charge on any atom is -0.478 e. The number of aromatic nitrogens is 4. The van der Waals surface area contributed by atoms with Crippen LogP contribution in [0.15, 0.2) is 51.7 Å². The first-order chi connectivity index (χ1) is 16.2. The maximum atomic E-state index is 14.3. The van der Waals surface area contributed by atoms with E-state index in [2.05, 4.69) is 31.2 Å². The summed E-state index contributed by atoms with van der Waals surface area (Å²) in [7, 11) is 1.80. The Morgan fingerprint density at radius 3 is 2.82 bits per heavy atom. The lowest BCUT2D eigenvalue weighted by Crippen LogP contribution is -2.08. The van der Waals surface area contributed by atoms with Crippen molar-refractivity contribution < 1.29 is 18.6 Å². The fourth-order valence-corrected chi connectivity index (χ4v) is 3.98. The number of rotatable bonds is 8. The van der Waals surface area contributed by atoms with Crippen LogP contribution in [-0.4, -0.2) is 24.8 Å². The van der Waals surface area contributed by atoms with Gasteiger partial charge in [-0.15, -0.1) is 0 Å². The molecule has 0 radical (unpaired) electrons. The molecular formula is C23H21BrFN5O4. The van der Waals surface area contributed by atoms with Crippen molar-refractivity contribution in [1.82, 2.24) is 19.9 Å². The van der Waals surface area contributed by atoms with Crippen LogP contribution in [0.25, 0.3) is 11.3 Å². The lowest BCUT2D eigenvalue weighted by Gasteiger charge is -2.18. The van der Waals surface area contributed by atoms with E-state index in [9.17, 15) is 14.5 Å². The Bertz CT molecular complexity index is 1350. The van der Waals surface area contributed by atoms with Gasteiger partial charge in [0.15, 0.2) is 6.20 Å². The van der Waals surface area contributed by atoms with Crippen LogP contribution in [0.1, 0.15) is 42.5 Å². The van der Waals surface area contributed by atoms with E-state index in [1.54, 1.807) is 24.7 Å². The van der Waals surface area contributed by atoms with Gasteiger partial charge in [0.2, 0.25) is 5.75 Å². The molecule has 0 aliphatic heterocycles. The van der Waals surface area contributed by atoms with Crippen LogP contribution in [0.3, 0.4) is 0 Å². The van der Waals surface area contributed by atoms with E-state index in [0.717, 1.165) is 23.4 Å². The van der Waals surface area contributed by atoms with Gasteiger partial charge in [-0.25, -0.2) is 4.39 Å². The Morgan fingerprint density at radius 1 is 1.32 bits per heavy atom. The molecule has 0 aliphatic carbocycles. The molecule has 0 aliphatic rings. The highest BCUT2D eigenvalue weighted by atomic mass is 79.9. The zero-order valence-corrected chi connectivity index (χ0v) is 20.2. The first-order valence-corrected chi connectivity index (χ1v) is 11.3. The SMILES string of the molecule is CCc1cc(Cc2cn(C)nc2-c2ccc(F)cc2[C@@H](C)Oc2cc(Br)cnc2[N+](=O)[O-])no1. The molecular weight excluding hydrogens is 509 g/mol. The minimum absolute atomic E-state index is 0.0296. The largest absolute Gasteiger partial charge is 0.478 e. The summed E-state index contributed by atoms with van der Waals surface area (Å²) in [5.74, 6) is -0.130. The summed E-state index contributed by atoms with van der Waals surface area (Å²) in [4.78, 5) is 14.6. The van der Waals surface area contributed by atoms with E-state index in [1.807, 2.05) is 19.2 Å². The third-order valence-electron chi connectivity index (χ3n) is 5.22. The van der Waals surface area contributed by atoms with Crippen LogP contribution < -0.4 is 4.74 Å². The number of nitro groups is 1. The van der Waals surface area contributed by atoms with Gasteiger partial charge in [-0.1, -0.05) is 12.1 Å². The molecule has 0 bridgehead atoms. The van der Waals surface area contributed by atoms with Crippen molar-refractivity contribution in [1.29, 1.82) is 0 Å². The van der Waals surface area contributed by atoms with Crippen molar-refractivity contribution in [2.45, 2.75) is 32.8 Å². The normalized spacial score (nSPS) is 12.0. The fraction of sp³-hybridized carbons (Fsp3) is 0.261. The number of hydrogen-bond acceptors (Lipinski definition) is 7. The van der Waals surface area contributed by atoms with Crippen LogP contribution in [0.4, 0.5) is 10.2 Å². The average molecular weight is 530 g/mol. The Morgan fingerprint density at radius 2 is 2.12 bits per heavy atom. The predicted molar refractivity (Wildman–Crippen MR) is 125 cm³/mol. The summed E-state index contributed by atoms with van der Waals surface area (Å²) in [5, 5.41) is 20.1. The third kappa shape index (κ3) is 4.98. The molecule has 4 aromatic rings. The van der Waals surface area contributed by atoms with E-state index in [1.165, 1.54) is 24.4 Å². The highest BCUT2D eigenvalue weighted by Crippen LogP contribution is 2.36. The summed E-state index contributed by atoms with van der Waals surface area (Å²) >= 11 is 3.25. The van der Waals surface area contributed by atoms with Crippen molar-refractivity contribution in [3.8, 4) is 17.0 Å². The van der Waals surface area contributed by atoms with Gasteiger partial charge in [-0.3, -0.25) is 4.68 Å². The molecule has 176 valence electrons. The smallest absolute Gasteiger partial charge is 0.406 e. The minimum atomic E-state index is -0.742. The molecule has 1 aromatic carbocycles. The van der Waals surface area contributed by atoms with Gasteiger partial charge in [-0.2, -0.15) is 5.10 Å². The molecule has 0 spiro atoms. The Balaban J connectivity index is 1.73. The van der Waals surface area contributed by atoms with Crippen LogP contribution in [0, 0.1) is 15.9 Å². The van der Waals surface area contributed by atoms with Gasteiger partial charge in [0.05, 0.1) is 15.9 Å². The van der Waals surface area contributed by atoms with Crippen molar-refractivity contribution in [2.24, 2.45) is 7.05 Å². The summed E-state index contributed by atoms with van der Waals surface area (Å²) in [5.41, 5.74) is 3.40. The van der Waals surface area contributed by atoms with Crippen molar-refractivity contribution in [3.05, 3.63) is 85.7 Å². The van der Waals surface area contributed by atoms with Gasteiger partial charge >= 0.3 is 5.82 Å². The number of ether oxygens (including phenoxy) is 1. The Hall–Kier alpha value is -3.60. The molecule has 0 saturated carbocycles. The zero-order valence-electron chi connectivity index (χ0n) is 18.7. The monoisotopic (exact) mass is 529 g/mol. The summed E-state index contributed by atoms with van der Waals surface area (Å²) < 4.78 is 27.7. The molecule has 1 atom stereocenters. The molecule has 11 heteroatoms. The highest BCUT2D eigenvalue weighted by molar-refractivity contribution is 9.10. The maximum absolute atomic E-state index is 14.3. The van der Waals surface area contributed by atoms with Gasteiger partial charge in [0.1, 0.15) is 17.7 Å². The first-order valence-electron chi connectivity index (χ1n) is 10.5. The first kappa shape index (κ1) is 23.6. The maximum Gasteiger partial charge on any atom is 0.406 e. The van der Waals surface area contributed by atoms with Gasteiger partial charge in [0, 0.05) is 54.9 Å². The van der Waals surface area contributed by atoms with Crippen molar-refractivity contribution in [2.75, 3.05) is 0 Å². The Kier molecular flexibility index (Phi) is 6.73. The second-order valence-electron chi connectivity index (χ2n) is 7.72. The van der Waals surface area contributed by atoms with Crippen molar-refractivity contribution in [3.63, 3.8) is 0 Å². The van der Waals surface area contributed by atoms with E-state index in [-0.39, 0.29) is 5.75 Å². The lowest BCUT2D eigenvalue weighted by molar-refractivity contribution is -0.390. The molecule has 0 fully saturated rings. The number of hydrogen-bond donors (Lipinski definition) is 0. The zero-order chi connectivity index (χ0) is 24.4. The Labute approximate surface area is 202 Å². The van der Waals surface area contributed by atoms with Crippen LogP contribution in [0.5, 0.6) is 5.75 Å². The lowest BCUT2D eigenvalue weighted by atomic mass is 9.96. The molecule has 3 heterocycles. The second-order valence-corrected chi connectivity index (χ2v) is 8.63. The molecule has 0 amide bonds. The van der Waals surface area contributed by atoms with E-state index < -0.39 is 22.7 Å². The molecule has 9 nitrogen and oxygen atoms in total. The molecule has 34 heavy (non-hydrogen) atoms. The quantitative estimate of drug-likeness (QED) is 0.216. The number of benzene rings is 1. The van der Waals surface area contributed by atoms with Gasteiger partial charge < -0.3 is 19.4 Å². The van der Waals surface area contributed by atoms with E-state index in [4.69, 9.17) is 9.26 Å². The molecule has 0 N–H and O–H groups in total. The second kappa shape index (κ2) is 9.72. The number of nitrogens with zero attached hydrogens (tertiary/aromatic N) is 5. The van der Waals surface area contributed by atoms with Crippen molar-refractivity contribution >= 4 is 21.7 Å². The third-order valence-corrected chi connectivity index (χ3v) is 5.65. The number of halogens is 2.